The number of hydrogen-bond donors (Lipinski definition) is 1. The number of tetrazole rings is 1. The maximum absolute atomic E-state index is 11.5. The molecule has 1 aliphatic heterocycles. The van der Waals surface area contributed by atoms with Crippen molar-refractivity contribution in [3.05, 3.63) is 5.82 Å². The lowest BCUT2D eigenvalue weighted by Crippen LogP contribution is -2.30. The smallest absolute Gasteiger partial charge is 0.168 e. The van der Waals surface area contributed by atoms with Gasteiger partial charge < -0.3 is 10.1 Å². The normalized spacial score (nSPS) is 20.9. The highest BCUT2D eigenvalue weighted by Crippen LogP contribution is 2.25. The maximum atomic E-state index is 11.5. The summed E-state index contributed by atoms with van der Waals surface area (Å²) in [7, 11) is -1.22. The van der Waals surface area contributed by atoms with E-state index >= 15 is 0 Å². The standard InChI is InChI=1S/C11H21N5O3S/c1-9(12-5-6-19-2)11-13-14-15-16(11)10-3-7-20(17,18)8-4-10/h9-10,12H,3-8H2,1-2H3. The van der Waals surface area contributed by atoms with E-state index in [1.54, 1.807) is 11.8 Å². The van der Waals surface area contributed by atoms with E-state index in [4.69, 9.17) is 4.74 Å². The van der Waals surface area contributed by atoms with Crippen molar-refractivity contribution >= 4 is 9.84 Å². The summed E-state index contributed by atoms with van der Waals surface area (Å²) >= 11 is 0. The van der Waals surface area contributed by atoms with Crippen LogP contribution in [-0.4, -0.2) is 60.4 Å². The molecular formula is C11H21N5O3S. The highest BCUT2D eigenvalue weighted by molar-refractivity contribution is 7.91. The minimum atomic E-state index is -2.87. The Morgan fingerprint density at radius 1 is 1.45 bits per heavy atom. The number of ether oxygens (including phenoxy) is 1. The van der Waals surface area contributed by atoms with Crippen LogP contribution in [0, 0.1) is 0 Å². The number of aromatic nitrogens is 4. The molecule has 1 saturated heterocycles. The van der Waals surface area contributed by atoms with Gasteiger partial charge in [-0.2, -0.15) is 0 Å². The number of sulfone groups is 1. The summed E-state index contributed by atoms with van der Waals surface area (Å²) in [6.45, 7) is 3.31. The van der Waals surface area contributed by atoms with Crippen molar-refractivity contribution < 1.29 is 13.2 Å². The molecule has 0 aliphatic carbocycles. The van der Waals surface area contributed by atoms with Gasteiger partial charge >= 0.3 is 0 Å². The molecule has 9 heteroatoms. The van der Waals surface area contributed by atoms with Gasteiger partial charge in [-0.3, -0.25) is 0 Å². The Bertz CT molecular complexity index is 516. The molecule has 1 N–H and O–H groups in total. The fourth-order valence-corrected chi connectivity index (χ4v) is 3.80. The fourth-order valence-electron chi connectivity index (χ4n) is 2.34. The molecule has 0 bridgehead atoms. The van der Waals surface area contributed by atoms with Crippen LogP contribution in [-0.2, 0) is 14.6 Å². The molecule has 0 aromatic carbocycles. The Morgan fingerprint density at radius 3 is 2.80 bits per heavy atom. The zero-order chi connectivity index (χ0) is 14.6. The predicted octanol–water partition coefficient (Wildman–Crippen LogP) is -0.280. The third kappa shape index (κ3) is 3.74. The van der Waals surface area contributed by atoms with Gasteiger partial charge in [0.2, 0.25) is 0 Å². The molecule has 114 valence electrons. The molecule has 2 heterocycles. The van der Waals surface area contributed by atoms with E-state index in [2.05, 4.69) is 20.8 Å². The SMILES string of the molecule is COCCNC(C)c1nnnn1C1CCS(=O)(=O)CC1. The van der Waals surface area contributed by atoms with Gasteiger partial charge in [-0.15, -0.1) is 5.10 Å². The molecule has 0 spiro atoms. The lowest BCUT2D eigenvalue weighted by atomic mass is 10.1. The van der Waals surface area contributed by atoms with Crippen LogP contribution in [0.5, 0.6) is 0 Å². The zero-order valence-electron chi connectivity index (χ0n) is 11.8. The molecule has 1 aromatic rings. The minimum Gasteiger partial charge on any atom is -0.383 e. The molecule has 2 rings (SSSR count). The average Bonchev–Trinajstić information content (AvgIpc) is 2.88. The molecule has 1 fully saturated rings. The van der Waals surface area contributed by atoms with Crippen LogP contribution in [0.15, 0.2) is 0 Å². The Labute approximate surface area is 118 Å². The predicted molar refractivity (Wildman–Crippen MR) is 73.0 cm³/mol. The van der Waals surface area contributed by atoms with Gasteiger partial charge in [-0.1, -0.05) is 0 Å². The molecule has 0 saturated carbocycles. The number of rotatable bonds is 6. The second kappa shape index (κ2) is 6.59. The van der Waals surface area contributed by atoms with Gasteiger partial charge in [0, 0.05) is 13.7 Å². The van der Waals surface area contributed by atoms with Crippen molar-refractivity contribution in [2.24, 2.45) is 0 Å². The molecule has 1 aliphatic rings. The zero-order valence-corrected chi connectivity index (χ0v) is 12.6. The van der Waals surface area contributed by atoms with Crippen molar-refractivity contribution in [1.82, 2.24) is 25.5 Å². The summed E-state index contributed by atoms with van der Waals surface area (Å²) in [5.41, 5.74) is 0. The summed E-state index contributed by atoms with van der Waals surface area (Å²) < 4.78 is 29.7. The van der Waals surface area contributed by atoms with Crippen LogP contribution < -0.4 is 5.32 Å². The van der Waals surface area contributed by atoms with E-state index in [1.807, 2.05) is 6.92 Å². The summed E-state index contributed by atoms with van der Waals surface area (Å²) in [5.74, 6) is 1.16. The van der Waals surface area contributed by atoms with Crippen LogP contribution in [0.4, 0.5) is 0 Å². The number of nitrogens with zero attached hydrogens (tertiary/aromatic N) is 4. The van der Waals surface area contributed by atoms with Gasteiger partial charge in [0.25, 0.3) is 0 Å². The largest absolute Gasteiger partial charge is 0.383 e. The van der Waals surface area contributed by atoms with E-state index in [-0.39, 0.29) is 23.6 Å². The quantitative estimate of drug-likeness (QED) is 0.721. The fraction of sp³-hybridized carbons (Fsp3) is 0.909. The van der Waals surface area contributed by atoms with Crippen LogP contribution in [0.25, 0.3) is 0 Å². The molecule has 0 radical (unpaired) electrons. The average molecular weight is 303 g/mol. The Hall–Kier alpha value is -1.06. The van der Waals surface area contributed by atoms with E-state index in [0.29, 0.717) is 26.0 Å². The summed E-state index contributed by atoms with van der Waals surface area (Å²) in [5, 5.41) is 15.1. The molecule has 1 atom stereocenters. The summed E-state index contributed by atoms with van der Waals surface area (Å²) in [6, 6.07) is 0.0638. The van der Waals surface area contributed by atoms with Gasteiger partial charge in [-0.25, -0.2) is 13.1 Å². The summed E-state index contributed by atoms with van der Waals surface area (Å²) in [4.78, 5) is 0. The topological polar surface area (TPSA) is 99.0 Å². The first-order valence-electron chi connectivity index (χ1n) is 6.74. The first-order chi connectivity index (χ1) is 9.53. The van der Waals surface area contributed by atoms with Gasteiger partial charge in [0.15, 0.2) is 5.82 Å². The van der Waals surface area contributed by atoms with Crippen molar-refractivity contribution in [2.45, 2.75) is 31.8 Å². The molecule has 1 unspecified atom stereocenters. The van der Waals surface area contributed by atoms with E-state index in [9.17, 15) is 8.42 Å². The van der Waals surface area contributed by atoms with Crippen molar-refractivity contribution in [1.29, 1.82) is 0 Å². The van der Waals surface area contributed by atoms with E-state index < -0.39 is 9.84 Å². The minimum absolute atomic E-state index is 0.00122. The first-order valence-corrected chi connectivity index (χ1v) is 8.56. The first kappa shape index (κ1) is 15.3. The highest BCUT2D eigenvalue weighted by Gasteiger charge is 2.28. The highest BCUT2D eigenvalue weighted by atomic mass is 32.2. The second-order valence-corrected chi connectivity index (χ2v) is 7.34. The third-order valence-corrected chi connectivity index (χ3v) is 5.25. The molecule has 1 aromatic heterocycles. The monoisotopic (exact) mass is 303 g/mol. The maximum Gasteiger partial charge on any atom is 0.168 e. The third-order valence-electron chi connectivity index (χ3n) is 3.53. The van der Waals surface area contributed by atoms with Gasteiger partial charge in [-0.05, 0) is 30.2 Å². The van der Waals surface area contributed by atoms with Crippen LogP contribution in [0.2, 0.25) is 0 Å². The van der Waals surface area contributed by atoms with Crippen LogP contribution >= 0.6 is 0 Å². The second-order valence-electron chi connectivity index (χ2n) is 5.03. The van der Waals surface area contributed by atoms with E-state index in [1.165, 1.54) is 0 Å². The molecular weight excluding hydrogens is 282 g/mol. The lowest BCUT2D eigenvalue weighted by Gasteiger charge is -2.24. The lowest BCUT2D eigenvalue weighted by molar-refractivity contribution is 0.195. The Kier molecular flexibility index (Phi) is 5.06. The number of methoxy groups -OCH3 is 1. The van der Waals surface area contributed by atoms with Crippen molar-refractivity contribution in [2.75, 3.05) is 31.8 Å². The van der Waals surface area contributed by atoms with Gasteiger partial charge in [0.1, 0.15) is 9.84 Å². The summed E-state index contributed by atoms with van der Waals surface area (Å²) in [6.07, 6.45) is 1.15. The van der Waals surface area contributed by atoms with E-state index in [0.717, 1.165) is 5.82 Å². The van der Waals surface area contributed by atoms with Crippen molar-refractivity contribution in [3.63, 3.8) is 0 Å². The Morgan fingerprint density at radius 2 is 2.15 bits per heavy atom. The number of hydrogen-bond acceptors (Lipinski definition) is 7. The molecule has 20 heavy (non-hydrogen) atoms. The molecule has 0 amide bonds. The van der Waals surface area contributed by atoms with Crippen LogP contribution in [0.1, 0.15) is 37.7 Å². The van der Waals surface area contributed by atoms with Crippen LogP contribution in [0.3, 0.4) is 0 Å². The van der Waals surface area contributed by atoms with Crippen molar-refractivity contribution in [3.8, 4) is 0 Å². The number of nitrogens with one attached hydrogen (secondary N) is 1. The molecule has 8 nitrogen and oxygen atoms in total. The Balaban J connectivity index is 2.01. The van der Waals surface area contributed by atoms with Gasteiger partial charge in [0.05, 0.1) is 30.2 Å².